The zero-order valence-corrected chi connectivity index (χ0v) is 63.3. The van der Waals surface area contributed by atoms with Crippen molar-refractivity contribution in [2.24, 2.45) is 17.6 Å². The van der Waals surface area contributed by atoms with Crippen molar-refractivity contribution < 1.29 is 105 Å². The van der Waals surface area contributed by atoms with Gasteiger partial charge in [-0.15, -0.1) is 5.10 Å². The van der Waals surface area contributed by atoms with Gasteiger partial charge in [0.15, 0.2) is 11.5 Å². The number of benzene rings is 2. The van der Waals surface area contributed by atoms with Gasteiger partial charge in [0.2, 0.25) is 36.0 Å². The first-order chi connectivity index (χ1) is 52.5. The van der Waals surface area contributed by atoms with Crippen LogP contribution in [0.4, 0.5) is 10.5 Å². The molecule has 108 heavy (non-hydrogen) atoms. The fourth-order valence-electron chi connectivity index (χ4n) is 12.5. The van der Waals surface area contributed by atoms with Crippen molar-refractivity contribution in [1.29, 1.82) is 0 Å². The highest BCUT2D eigenvalue weighted by Crippen LogP contribution is 2.43. The van der Waals surface area contributed by atoms with Crippen LogP contribution in [0.5, 0.6) is 11.5 Å². The molecule has 36 heteroatoms. The number of nitrogens with one attached hydrogen (secondary N) is 4. The Balaban J connectivity index is 0.484. The predicted octanol–water partition coefficient (Wildman–Crippen LogP) is 4.07. The van der Waals surface area contributed by atoms with Crippen molar-refractivity contribution >= 4 is 96.0 Å². The first-order valence-corrected chi connectivity index (χ1v) is 37.6. The summed E-state index contributed by atoms with van der Waals surface area (Å²) in [4.78, 5) is 124. The summed E-state index contributed by atoms with van der Waals surface area (Å²) in [6, 6.07) is 12.6. The van der Waals surface area contributed by atoms with E-state index in [4.69, 9.17) is 77.0 Å². The Morgan fingerprint density at radius 2 is 1.31 bits per heavy atom. The number of anilines is 1. The number of esters is 1. The van der Waals surface area contributed by atoms with Gasteiger partial charge in [0.1, 0.15) is 47.1 Å². The largest absolute Gasteiger partial charge is 0.510 e. The summed E-state index contributed by atoms with van der Waals surface area (Å²) in [5.74, 6) is -1.99. The van der Waals surface area contributed by atoms with E-state index in [0.29, 0.717) is 190 Å². The number of nitrogens with zero attached hydrogens (tertiary/aromatic N) is 6. The zero-order valence-electron chi connectivity index (χ0n) is 60.1. The maximum atomic E-state index is 14.0. The number of ether oxygens (including phenoxy) is 14. The van der Waals surface area contributed by atoms with E-state index in [9.17, 15) is 43.2 Å². The molecule has 2 atom stereocenters. The van der Waals surface area contributed by atoms with E-state index in [2.05, 4.69) is 63.4 Å². The van der Waals surface area contributed by atoms with E-state index in [1.54, 1.807) is 58.8 Å². The summed E-state index contributed by atoms with van der Waals surface area (Å²) < 4.78 is 81.3. The molecule has 34 nitrogen and oxygen atoms in total. The standard InChI is InChI=1S/C72H91Br2N11O23/c1-2-72(54-35-57-64-50(39-84(57)67(90)53(54)42-104-70(72)93)33-49-34-58-59(107-45-106-58)36-56(49)80-64)108-71(94)105-41-47-8-12-51(13-9-47)78-66(89)55(5-3-4-14-75)79-61(87)44-103-43-60(86)76-15-17-95-19-21-97-23-25-99-27-29-101-31-32-102-30-28-100-26-24-98-22-20-96-18-16-83-40-52(81-82-83)37-77-65(88)48-10-6-46(7-11-48)38-85-68(91)62(73)63(74)69(85)92/h8-9,12-13,33-36,40,46,48,55H,2-7,10-11,14-32,37-39,41-45,75H2,1H3,(H,76,86)(H,77,88)(H,78,89)(H,79,87)/t46?,48?,55-,72-/m0/s1. The molecular weight excluding hydrogens is 1550 g/mol. The van der Waals surface area contributed by atoms with E-state index in [0.717, 1.165) is 23.8 Å². The number of halogens is 2. The molecule has 0 unspecified atom stereocenters. The van der Waals surface area contributed by atoms with Gasteiger partial charge in [0, 0.05) is 47.3 Å². The second-order valence-corrected chi connectivity index (χ2v) is 27.3. The number of amides is 6. The molecule has 4 aliphatic heterocycles. The number of unbranched alkanes of at least 4 members (excludes halogenated alkanes) is 1. The smallest absolute Gasteiger partial charge is 0.457 e. The van der Waals surface area contributed by atoms with Crippen LogP contribution in [-0.2, 0) is 129 Å². The third-order valence-corrected chi connectivity index (χ3v) is 20.3. The number of pyridine rings is 2. The molecular formula is C72H91Br2N11O23. The molecule has 5 aromatic rings. The molecule has 0 radical (unpaired) electrons. The van der Waals surface area contributed by atoms with Crippen LogP contribution in [0, 0.1) is 11.8 Å². The highest BCUT2D eigenvalue weighted by atomic mass is 79.9. The second-order valence-electron chi connectivity index (χ2n) is 25.7. The molecule has 2 aromatic carbocycles. The number of carbonyl (C=O) groups excluding carboxylic acids is 8. The topological polar surface area (TPSA) is 409 Å². The van der Waals surface area contributed by atoms with Crippen LogP contribution in [-0.4, -0.2) is 228 Å². The summed E-state index contributed by atoms with van der Waals surface area (Å²) in [5.41, 5.74) is 7.54. The van der Waals surface area contributed by atoms with Gasteiger partial charge < -0.3 is 97.9 Å². The average molecular weight is 1640 g/mol. The normalized spacial score (nSPS) is 17.3. The first kappa shape index (κ1) is 82.1. The molecule has 6 amide bonds. The number of fused-ring (bicyclic) bond motifs is 6. The van der Waals surface area contributed by atoms with Crippen molar-refractivity contribution in [1.82, 2.24) is 45.4 Å². The number of imide groups is 1. The van der Waals surface area contributed by atoms with Crippen molar-refractivity contribution in [2.45, 2.75) is 103 Å². The summed E-state index contributed by atoms with van der Waals surface area (Å²) >= 11 is 6.33. The third-order valence-electron chi connectivity index (χ3n) is 18.3. The molecule has 0 spiro atoms. The van der Waals surface area contributed by atoms with Gasteiger partial charge in [-0.05, 0) is 132 Å². The van der Waals surface area contributed by atoms with E-state index in [1.165, 1.54) is 4.90 Å². The van der Waals surface area contributed by atoms with Crippen LogP contribution < -0.4 is 42.0 Å². The van der Waals surface area contributed by atoms with Crippen LogP contribution in [0.25, 0.3) is 22.3 Å². The first-order valence-electron chi connectivity index (χ1n) is 36.0. The van der Waals surface area contributed by atoms with Gasteiger partial charge in [0.05, 0.1) is 154 Å². The predicted molar refractivity (Wildman–Crippen MR) is 389 cm³/mol. The van der Waals surface area contributed by atoms with Crippen LogP contribution >= 0.6 is 31.9 Å². The zero-order chi connectivity index (χ0) is 76.2. The molecule has 5 aliphatic rings. The molecule has 7 heterocycles. The summed E-state index contributed by atoms with van der Waals surface area (Å²) in [6.07, 6.45) is 4.79. The monoisotopic (exact) mass is 1640 g/mol. The van der Waals surface area contributed by atoms with Gasteiger partial charge in [-0.25, -0.2) is 19.3 Å². The number of nitrogens with two attached hydrogens (primary N) is 1. The van der Waals surface area contributed by atoms with Crippen molar-refractivity contribution in [2.75, 3.05) is 151 Å². The fraction of sp³-hybridized carbons (Fsp3) is 0.556. The minimum atomic E-state index is -2.00. The summed E-state index contributed by atoms with van der Waals surface area (Å²) in [7, 11) is 0. The van der Waals surface area contributed by atoms with Crippen molar-refractivity contribution in [3.63, 3.8) is 0 Å². The summed E-state index contributed by atoms with van der Waals surface area (Å²) in [5, 5.41) is 20.1. The molecule has 1 aliphatic carbocycles. The minimum absolute atomic E-state index is 0.0413. The lowest BCUT2D eigenvalue weighted by Gasteiger charge is -2.35. The van der Waals surface area contributed by atoms with Crippen LogP contribution in [0.2, 0.25) is 0 Å². The lowest BCUT2D eigenvalue weighted by molar-refractivity contribution is -0.175. The van der Waals surface area contributed by atoms with E-state index < -0.39 is 60.3 Å². The van der Waals surface area contributed by atoms with E-state index in [-0.39, 0.29) is 109 Å². The lowest BCUT2D eigenvalue weighted by atomic mass is 9.81. The highest BCUT2D eigenvalue weighted by Gasteiger charge is 2.51. The number of cyclic esters (lactones) is 1. The number of aromatic nitrogens is 5. The van der Waals surface area contributed by atoms with Gasteiger partial charge in [0.25, 0.3) is 17.4 Å². The Hall–Kier alpha value is -8.40. The number of rotatable bonds is 47. The molecule has 3 aromatic heterocycles. The molecule has 6 N–H and O–H groups in total. The maximum Gasteiger partial charge on any atom is 0.510 e. The Labute approximate surface area is 638 Å². The van der Waals surface area contributed by atoms with Crippen LogP contribution in [0.15, 0.2) is 68.5 Å². The van der Waals surface area contributed by atoms with Gasteiger partial charge >= 0.3 is 12.1 Å². The van der Waals surface area contributed by atoms with E-state index >= 15 is 0 Å². The lowest BCUT2D eigenvalue weighted by Crippen LogP contribution is -2.47. The Morgan fingerprint density at radius 1 is 0.704 bits per heavy atom. The summed E-state index contributed by atoms with van der Waals surface area (Å²) in [6.45, 7) is 8.21. The van der Waals surface area contributed by atoms with Gasteiger partial charge in [-0.3, -0.25) is 38.5 Å². The molecule has 586 valence electrons. The quantitative estimate of drug-likeness (QED) is 0.0204. The number of hydrogen-bond acceptors (Lipinski definition) is 27. The highest BCUT2D eigenvalue weighted by molar-refractivity contribution is 9.14. The number of carbonyl (C=O) groups is 8. The molecule has 0 bridgehead atoms. The molecule has 0 saturated heterocycles. The maximum absolute atomic E-state index is 14.0. The van der Waals surface area contributed by atoms with Gasteiger partial charge in [-0.2, -0.15) is 0 Å². The minimum Gasteiger partial charge on any atom is -0.457 e. The molecule has 1 fully saturated rings. The van der Waals surface area contributed by atoms with Crippen molar-refractivity contribution in [3.05, 3.63) is 102 Å². The third kappa shape index (κ3) is 23.1. The Bertz CT molecular complexity index is 4000. The molecule has 1 saturated carbocycles. The number of hydrogen-bond donors (Lipinski definition) is 5. The van der Waals surface area contributed by atoms with Crippen molar-refractivity contribution in [3.8, 4) is 22.9 Å². The van der Waals surface area contributed by atoms with Crippen LogP contribution in [0.1, 0.15) is 86.2 Å². The Morgan fingerprint density at radius 3 is 1.94 bits per heavy atom. The van der Waals surface area contributed by atoms with Crippen LogP contribution in [0.3, 0.4) is 0 Å². The average Bonchev–Trinajstić information content (AvgIpc) is 1.50. The fourth-order valence-corrected chi connectivity index (χ4v) is 13.3. The second kappa shape index (κ2) is 42.0. The SMILES string of the molecule is CC[C@@]1(OC(=O)OCc2ccc(NC(=O)[C@H](CCCCN)NC(=O)COCC(=O)NCCOCCOCCOCCOCCOCCOCCOCCOCCn3cc(CNC(=O)C4CCC(CN5C(=O)C(Br)=C(Br)C5=O)CC4)nn3)cc2)C(=O)OCc2c1cc1n(c2=O)Cc2cc3cc4c(cc3nc2-1)OCO4. The van der Waals surface area contributed by atoms with Gasteiger partial charge in [-0.1, -0.05) is 24.3 Å². The molecule has 10 rings (SSSR count). The Kier molecular flexibility index (Phi) is 31.9. The van der Waals surface area contributed by atoms with E-state index in [1.807, 2.05) is 12.1 Å².